The Morgan fingerprint density at radius 1 is 1.35 bits per heavy atom. The van der Waals surface area contributed by atoms with Gasteiger partial charge in [0.05, 0.1) is 10.7 Å². The van der Waals surface area contributed by atoms with Gasteiger partial charge in [0.2, 0.25) is 5.91 Å². The Labute approximate surface area is 122 Å². The Kier molecular flexibility index (Phi) is 4.74. The number of carbonyl (C=O) groups excluding carboxylic acids is 1. The van der Waals surface area contributed by atoms with Crippen molar-refractivity contribution in [3.63, 3.8) is 0 Å². The van der Waals surface area contributed by atoms with Crippen LogP contribution in [0.1, 0.15) is 18.9 Å². The van der Waals surface area contributed by atoms with Crippen LogP contribution >= 0.6 is 11.3 Å². The molecule has 2 rings (SSSR count). The summed E-state index contributed by atoms with van der Waals surface area (Å²) in [7, 11) is 0. The molecular formula is C15H18N2O2S. The fourth-order valence-corrected chi connectivity index (χ4v) is 2.49. The maximum absolute atomic E-state index is 11.4. The number of nitrogens with one attached hydrogen (secondary N) is 1. The van der Waals surface area contributed by atoms with Gasteiger partial charge in [0, 0.05) is 29.8 Å². The van der Waals surface area contributed by atoms with E-state index in [1.165, 1.54) is 0 Å². The highest BCUT2D eigenvalue weighted by Crippen LogP contribution is 2.23. The maximum Gasteiger partial charge on any atom is 0.222 e. The van der Waals surface area contributed by atoms with Gasteiger partial charge in [-0.15, -0.1) is 11.3 Å². The Morgan fingerprint density at radius 3 is 2.70 bits per heavy atom. The SMILES string of the molecule is CC(C)C(=O)NCCc1nc(-c2ccc(O)cc2)cs1. The van der Waals surface area contributed by atoms with E-state index in [1.54, 1.807) is 23.5 Å². The Hall–Kier alpha value is -1.88. The highest BCUT2D eigenvalue weighted by molar-refractivity contribution is 7.09. The lowest BCUT2D eigenvalue weighted by Crippen LogP contribution is -2.29. The molecule has 4 nitrogen and oxygen atoms in total. The summed E-state index contributed by atoms with van der Waals surface area (Å²) in [5.41, 5.74) is 1.89. The highest BCUT2D eigenvalue weighted by atomic mass is 32.1. The highest BCUT2D eigenvalue weighted by Gasteiger charge is 2.07. The zero-order valence-electron chi connectivity index (χ0n) is 11.6. The number of hydrogen-bond donors (Lipinski definition) is 2. The molecule has 5 heteroatoms. The summed E-state index contributed by atoms with van der Waals surface area (Å²) in [6.07, 6.45) is 0.737. The lowest BCUT2D eigenvalue weighted by atomic mass is 10.2. The molecule has 0 radical (unpaired) electrons. The van der Waals surface area contributed by atoms with Crippen LogP contribution in [0.15, 0.2) is 29.6 Å². The second-order valence-corrected chi connectivity index (χ2v) is 5.81. The molecule has 0 aliphatic carbocycles. The molecule has 1 aromatic carbocycles. The molecule has 2 aromatic rings. The summed E-state index contributed by atoms with van der Waals surface area (Å²) in [6.45, 7) is 4.36. The molecule has 2 N–H and O–H groups in total. The van der Waals surface area contributed by atoms with E-state index in [4.69, 9.17) is 0 Å². The zero-order chi connectivity index (χ0) is 14.5. The molecule has 0 aliphatic heterocycles. The van der Waals surface area contributed by atoms with Crippen LogP contribution in [0.3, 0.4) is 0 Å². The maximum atomic E-state index is 11.4. The predicted octanol–water partition coefficient (Wildman–Crippen LogP) is 2.83. The van der Waals surface area contributed by atoms with Gasteiger partial charge in [0.25, 0.3) is 0 Å². The number of hydrogen-bond acceptors (Lipinski definition) is 4. The van der Waals surface area contributed by atoms with Gasteiger partial charge in [0.1, 0.15) is 5.75 Å². The zero-order valence-corrected chi connectivity index (χ0v) is 12.4. The Bertz CT molecular complexity index is 576. The first-order valence-electron chi connectivity index (χ1n) is 6.58. The molecule has 0 bridgehead atoms. The van der Waals surface area contributed by atoms with E-state index in [9.17, 15) is 9.90 Å². The predicted molar refractivity (Wildman–Crippen MR) is 80.8 cm³/mol. The van der Waals surface area contributed by atoms with Crippen LogP contribution in [0.25, 0.3) is 11.3 Å². The Morgan fingerprint density at radius 2 is 2.05 bits per heavy atom. The van der Waals surface area contributed by atoms with Gasteiger partial charge >= 0.3 is 0 Å². The van der Waals surface area contributed by atoms with Gasteiger partial charge < -0.3 is 10.4 Å². The summed E-state index contributed by atoms with van der Waals surface area (Å²) in [6, 6.07) is 6.98. The topological polar surface area (TPSA) is 62.2 Å². The van der Waals surface area contributed by atoms with E-state index in [2.05, 4.69) is 10.3 Å². The van der Waals surface area contributed by atoms with Crippen molar-refractivity contribution in [2.75, 3.05) is 6.54 Å². The van der Waals surface area contributed by atoms with Crippen molar-refractivity contribution in [1.29, 1.82) is 0 Å². The van der Waals surface area contributed by atoms with Crippen LogP contribution < -0.4 is 5.32 Å². The number of aromatic hydroxyl groups is 1. The minimum Gasteiger partial charge on any atom is -0.508 e. The molecule has 0 aliphatic rings. The second-order valence-electron chi connectivity index (χ2n) is 4.87. The summed E-state index contributed by atoms with van der Waals surface area (Å²) >= 11 is 1.58. The van der Waals surface area contributed by atoms with Crippen LogP contribution in [0.5, 0.6) is 5.75 Å². The van der Waals surface area contributed by atoms with E-state index in [0.29, 0.717) is 6.54 Å². The van der Waals surface area contributed by atoms with Crippen molar-refractivity contribution >= 4 is 17.2 Å². The second kappa shape index (κ2) is 6.52. The van der Waals surface area contributed by atoms with Crippen LogP contribution in [0.4, 0.5) is 0 Å². The molecule has 1 heterocycles. The number of nitrogens with zero attached hydrogens (tertiary/aromatic N) is 1. The third kappa shape index (κ3) is 3.81. The van der Waals surface area contributed by atoms with Gasteiger partial charge in [-0.25, -0.2) is 4.98 Å². The molecular weight excluding hydrogens is 272 g/mol. The van der Waals surface area contributed by atoms with E-state index >= 15 is 0 Å². The van der Waals surface area contributed by atoms with Crippen LogP contribution in [-0.2, 0) is 11.2 Å². The molecule has 0 unspecified atom stereocenters. The molecule has 1 amide bonds. The molecule has 1 aromatic heterocycles. The van der Waals surface area contributed by atoms with Crippen molar-refractivity contribution in [1.82, 2.24) is 10.3 Å². The number of rotatable bonds is 5. The van der Waals surface area contributed by atoms with E-state index in [1.807, 2.05) is 31.4 Å². The van der Waals surface area contributed by atoms with Crippen LogP contribution in [0, 0.1) is 5.92 Å². The average Bonchev–Trinajstić information content (AvgIpc) is 2.88. The average molecular weight is 290 g/mol. The van der Waals surface area contributed by atoms with E-state index in [0.717, 1.165) is 22.7 Å². The lowest BCUT2D eigenvalue weighted by Gasteiger charge is -2.05. The number of phenolic OH excluding ortho intramolecular Hbond substituents is 1. The molecule has 0 atom stereocenters. The molecule has 20 heavy (non-hydrogen) atoms. The van der Waals surface area contributed by atoms with Crippen molar-refractivity contribution in [2.45, 2.75) is 20.3 Å². The first-order chi connectivity index (χ1) is 9.56. The van der Waals surface area contributed by atoms with Crippen molar-refractivity contribution in [3.05, 3.63) is 34.7 Å². The van der Waals surface area contributed by atoms with Gasteiger partial charge in [0.15, 0.2) is 0 Å². The molecule has 0 saturated heterocycles. The number of benzene rings is 1. The fraction of sp³-hybridized carbons (Fsp3) is 0.333. The Balaban J connectivity index is 1.92. The number of aromatic nitrogens is 1. The number of thiazole rings is 1. The van der Waals surface area contributed by atoms with Crippen molar-refractivity contribution in [3.8, 4) is 17.0 Å². The van der Waals surface area contributed by atoms with Gasteiger partial charge in [-0.05, 0) is 24.3 Å². The summed E-state index contributed by atoms with van der Waals surface area (Å²) in [4.78, 5) is 16.0. The lowest BCUT2D eigenvalue weighted by molar-refractivity contribution is -0.123. The van der Waals surface area contributed by atoms with Gasteiger partial charge in [-0.3, -0.25) is 4.79 Å². The largest absolute Gasteiger partial charge is 0.508 e. The standard InChI is InChI=1S/C15H18N2O2S/c1-10(2)15(19)16-8-7-14-17-13(9-20-14)11-3-5-12(18)6-4-11/h3-6,9-10,18H,7-8H2,1-2H3,(H,16,19). The van der Waals surface area contributed by atoms with Gasteiger partial charge in [-0.2, -0.15) is 0 Å². The molecule has 0 fully saturated rings. The normalized spacial score (nSPS) is 10.8. The first-order valence-corrected chi connectivity index (χ1v) is 7.45. The molecule has 0 spiro atoms. The molecule has 106 valence electrons. The van der Waals surface area contributed by atoms with Crippen LogP contribution in [-0.4, -0.2) is 22.5 Å². The molecule has 0 saturated carbocycles. The van der Waals surface area contributed by atoms with Crippen molar-refractivity contribution in [2.24, 2.45) is 5.92 Å². The number of phenols is 1. The number of amides is 1. The third-order valence-corrected chi connectivity index (χ3v) is 3.79. The first kappa shape index (κ1) is 14.5. The number of carbonyl (C=O) groups is 1. The van der Waals surface area contributed by atoms with E-state index < -0.39 is 0 Å². The summed E-state index contributed by atoms with van der Waals surface area (Å²) in [5, 5.41) is 15.1. The smallest absolute Gasteiger partial charge is 0.222 e. The quantitative estimate of drug-likeness (QED) is 0.890. The monoisotopic (exact) mass is 290 g/mol. The fourth-order valence-electron chi connectivity index (χ4n) is 1.69. The minimum absolute atomic E-state index is 0.0128. The minimum atomic E-state index is 0.0128. The van der Waals surface area contributed by atoms with E-state index in [-0.39, 0.29) is 17.6 Å². The summed E-state index contributed by atoms with van der Waals surface area (Å²) in [5.74, 6) is 0.333. The summed E-state index contributed by atoms with van der Waals surface area (Å²) < 4.78 is 0. The van der Waals surface area contributed by atoms with Gasteiger partial charge in [-0.1, -0.05) is 13.8 Å². The van der Waals surface area contributed by atoms with Crippen LogP contribution in [0.2, 0.25) is 0 Å². The van der Waals surface area contributed by atoms with Crippen molar-refractivity contribution < 1.29 is 9.90 Å². The third-order valence-electron chi connectivity index (χ3n) is 2.88.